The maximum atomic E-state index is 13.0. The molecule has 4 nitrogen and oxygen atoms in total. The predicted octanol–water partition coefficient (Wildman–Crippen LogP) is 5.13. The van der Waals surface area contributed by atoms with Gasteiger partial charge in [0.1, 0.15) is 5.75 Å². The molecule has 194 valence electrons. The summed E-state index contributed by atoms with van der Waals surface area (Å²) in [7, 11) is -1.13. The normalized spacial score (nSPS) is 19.4. The lowest BCUT2D eigenvalue weighted by Gasteiger charge is -2.49. The number of methoxy groups -OCH3 is 1. The van der Waals surface area contributed by atoms with E-state index in [1.165, 1.54) is 10.4 Å². The zero-order valence-corrected chi connectivity index (χ0v) is 24.3. The fraction of sp³-hybridized carbons (Fsp3) is 0.355. The van der Waals surface area contributed by atoms with Gasteiger partial charge in [-0.3, -0.25) is 4.79 Å². The van der Waals surface area contributed by atoms with Gasteiger partial charge in [0.2, 0.25) is 5.91 Å². The molecule has 4 atom stereocenters. The fourth-order valence-electron chi connectivity index (χ4n) is 5.58. The van der Waals surface area contributed by atoms with Gasteiger partial charge in [0.25, 0.3) is 8.32 Å². The molecule has 4 rings (SSSR count). The number of ether oxygens (including phenoxy) is 1. The third kappa shape index (κ3) is 5.15. The monoisotopic (exact) mass is 531 g/mol. The van der Waals surface area contributed by atoms with Gasteiger partial charge >= 0.3 is 0 Å². The summed E-state index contributed by atoms with van der Waals surface area (Å²) in [6.07, 6.45) is -0.286. The number of rotatable bonds is 9. The molecule has 0 bridgehead atoms. The van der Waals surface area contributed by atoms with Crippen LogP contribution in [0, 0.1) is 11.8 Å². The Bertz CT molecular complexity index is 1190. The second-order valence-corrected chi connectivity index (χ2v) is 15.6. The molecule has 1 heterocycles. The minimum absolute atomic E-state index is 0.0173. The van der Waals surface area contributed by atoms with Crippen LogP contribution in [0.2, 0.25) is 5.04 Å². The zero-order valence-electron chi connectivity index (χ0n) is 22.5. The van der Waals surface area contributed by atoms with Crippen molar-refractivity contribution < 1.29 is 14.0 Å². The molecule has 6 heteroatoms. The van der Waals surface area contributed by atoms with Crippen molar-refractivity contribution in [1.29, 1.82) is 0 Å². The zero-order chi connectivity index (χ0) is 26.8. The smallest absolute Gasteiger partial charge is 0.261 e. The van der Waals surface area contributed by atoms with E-state index in [1.807, 2.05) is 36.4 Å². The standard InChI is InChI=1S/C31H37NO3SSi/c1-21(29(36)23-17-19-24(34-6)20-18-23)28-27(30(33)32-28)22(2)35-37(31(3,4)5,25-13-9-7-10-14-25)26-15-11-8-12-16-26/h7-22,27-28H,1-6H3,(H,32,33)/t21-,22-,27-,28-/m1/s1. The van der Waals surface area contributed by atoms with Crippen LogP contribution in [-0.2, 0) is 9.22 Å². The van der Waals surface area contributed by atoms with Crippen molar-refractivity contribution in [3.63, 3.8) is 0 Å². The number of β-lactam (4-membered cyclic amide) rings is 1. The van der Waals surface area contributed by atoms with Crippen molar-refractivity contribution in [1.82, 2.24) is 5.32 Å². The van der Waals surface area contributed by atoms with Crippen molar-refractivity contribution in [2.24, 2.45) is 11.8 Å². The van der Waals surface area contributed by atoms with Crippen LogP contribution in [0.15, 0.2) is 84.9 Å². The number of carbonyl (C=O) groups is 1. The lowest BCUT2D eigenvalue weighted by molar-refractivity contribution is -0.140. The van der Waals surface area contributed by atoms with E-state index in [1.54, 1.807) is 7.11 Å². The molecular formula is C31H37NO3SSi. The average Bonchev–Trinajstić information content (AvgIpc) is 2.89. The van der Waals surface area contributed by atoms with Gasteiger partial charge in [0, 0.05) is 10.8 Å². The Kier molecular flexibility index (Phi) is 8.02. The number of thiocarbonyl (C=S) groups is 1. The number of nitrogens with one attached hydrogen (secondary N) is 1. The number of carbonyl (C=O) groups excluding carboxylic acids is 1. The Hall–Kier alpha value is -2.80. The summed E-state index contributed by atoms with van der Waals surface area (Å²) < 4.78 is 12.5. The van der Waals surface area contributed by atoms with Crippen LogP contribution in [-0.4, -0.2) is 38.3 Å². The number of amides is 1. The van der Waals surface area contributed by atoms with Gasteiger partial charge in [-0.25, -0.2) is 0 Å². The average molecular weight is 532 g/mol. The molecule has 3 aromatic rings. The van der Waals surface area contributed by atoms with Crippen molar-refractivity contribution in [2.75, 3.05) is 7.11 Å². The second kappa shape index (κ2) is 10.9. The summed E-state index contributed by atoms with van der Waals surface area (Å²) in [5, 5.41) is 5.39. The highest BCUT2D eigenvalue weighted by molar-refractivity contribution is 7.80. The summed E-state index contributed by atoms with van der Waals surface area (Å²) in [6, 6.07) is 28.8. The quantitative estimate of drug-likeness (QED) is 0.180. The van der Waals surface area contributed by atoms with E-state index in [9.17, 15) is 4.79 Å². The van der Waals surface area contributed by atoms with Crippen LogP contribution in [0.3, 0.4) is 0 Å². The van der Waals surface area contributed by atoms with E-state index in [0.29, 0.717) is 0 Å². The summed E-state index contributed by atoms with van der Waals surface area (Å²) in [6.45, 7) is 10.9. The molecule has 0 saturated carbocycles. The van der Waals surface area contributed by atoms with Crippen LogP contribution in [0.1, 0.15) is 40.2 Å². The summed E-state index contributed by atoms with van der Waals surface area (Å²) in [5.74, 6) is 0.519. The van der Waals surface area contributed by atoms with Crippen LogP contribution in [0.25, 0.3) is 0 Å². The largest absolute Gasteiger partial charge is 0.497 e. The van der Waals surface area contributed by atoms with Crippen molar-refractivity contribution >= 4 is 41.7 Å². The minimum Gasteiger partial charge on any atom is -0.497 e. The van der Waals surface area contributed by atoms with Gasteiger partial charge in [0.05, 0.1) is 25.2 Å². The lowest BCUT2D eigenvalue weighted by Crippen LogP contribution is -2.71. The molecule has 0 radical (unpaired) electrons. The van der Waals surface area contributed by atoms with Gasteiger partial charge in [-0.05, 0) is 40.0 Å². The van der Waals surface area contributed by atoms with Crippen LogP contribution in [0.5, 0.6) is 5.75 Å². The highest BCUT2D eigenvalue weighted by Crippen LogP contribution is 2.40. The molecule has 0 unspecified atom stereocenters. The first-order chi connectivity index (χ1) is 17.6. The Labute approximate surface area is 227 Å². The summed E-state index contributed by atoms with van der Waals surface area (Å²) in [4.78, 5) is 13.8. The topological polar surface area (TPSA) is 47.6 Å². The Morgan fingerprint density at radius 3 is 1.84 bits per heavy atom. The molecule has 37 heavy (non-hydrogen) atoms. The van der Waals surface area contributed by atoms with E-state index in [-0.39, 0.29) is 34.9 Å². The molecule has 0 spiro atoms. The molecule has 0 aromatic heterocycles. The molecule has 1 fully saturated rings. The lowest BCUT2D eigenvalue weighted by atomic mass is 9.77. The Morgan fingerprint density at radius 2 is 1.41 bits per heavy atom. The van der Waals surface area contributed by atoms with E-state index < -0.39 is 8.32 Å². The van der Waals surface area contributed by atoms with Gasteiger partial charge in [-0.1, -0.05) is 113 Å². The van der Waals surface area contributed by atoms with Gasteiger partial charge in [0.15, 0.2) is 0 Å². The van der Waals surface area contributed by atoms with E-state index in [2.05, 4.69) is 88.5 Å². The molecule has 1 aliphatic rings. The summed E-state index contributed by atoms with van der Waals surface area (Å²) in [5.41, 5.74) is 0.976. The van der Waals surface area contributed by atoms with E-state index in [4.69, 9.17) is 21.4 Å². The molecule has 1 N–H and O–H groups in total. The maximum Gasteiger partial charge on any atom is 0.261 e. The highest BCUT2D eigenvalue weighted by Gasteiger charge is 2.55. The van der Waals surface area contributed by atoms with E-state index in [0.717, 1.165) is 16.2 Å². The number of benzene rings is 3. The molecule has 1 saturated heterocycles. The Balaban J connectivity index is 1.66. The number of hydrogen-bond acceptors (Lipinski definition) is 4. The fourth-order valence-corrected chi connectivity index (χ4v) is 10.6. The second-order valence-electron chi connectivity index (χ2n) is 10.9. The van der Waals surface area contributed by atoms with Crippen molar-refractivity contribution in [2.45, 2.75) is 51.8 Å². The van der Waals surface area contributed by atoms with Gasteiger partial charge in [-0.2, -0.15) is 0 Å². The SMILES string of the molecule is COc1ccc(C(=S)[C@H](C)[C@H]2NC(=O)[C@@H]2[C@@H](C)O[Si](c2ccccc2)(c2ccccc2)C(C)(C)C)cc1. The maximum absolute atomic E-state index is 13.0. The molecule has 3 aromatic carbocycles. The third-order valence-electron chi connectivity index (χ3n) is 7.61. The minimum atomic E-state index is -2.78. The first-order valence-electron chi connectivity index (χ1n) is 12.9. The molecule has 0 aliphatic carbocycles. The highest BCUT2D eigenvalue weighted by atomic mass is 32.1. The van der Waals surface area contributed by atoms with Crippen LogP contribution in [0.4, 0.5) is 0 Å². The molecule has 1 aliphatic heterocycles. The van der Waals surface area contributed by atoms with Crippen LogP contribution >= 0.6 is 12.2 Å². The van der Waals surface area contributed by atoms with Crippen LogP contribution < -0.4 is 20.4 Å². The van der Waals surface area contributed by atoms with Gasteiger partial charge < -0.3 is 14.5 Å². The first kappa shape index (κ1) is 27.2. The van der Waals surface area contributed by atoms with Crippen molar-refractivity contribution in [3.8, 4) is 5.75 Å². The number of hydrogen-bond donors (Lipinski definition) is 1. The summed E-state index contributed by atoms with van der Waals surface area (Å²) >= 11 is 5.88. The Morgan fingerprint density at radius 1 is 0.892 bits per heavy atom. The van der Waals surface area contributed by atoms with Crippen molar-refractivity contribution in [3.05, 3.63) is 90.5 Å². The first-order valence-corrected chi connectivity index (χ1v) is 15.2. The predicted molar refractivity (Wildman–Crippen MR) is 157 cm³/mol. The van der Waals surface area contributed by atoms with Gasteiger partial charge in [-0.15, -0.1) is 0 Å². The van der Waals surface area contributed by atoms with E-state index >= 15 is 0 Å². The third-order valence-corrected chi connectivity index (χ3v) is 13.3. The molecule has 1 amide bonds. The molecular weight excluding hydrogens is 494 g/mol.